The average Bonchev–Trinajstić information content (AvgIpc) is 3.03. The second kappa shape index (κ2) is 7.96. The van der Waals surface area contributed by atoms with E-state index in [1.54, 1.807) is 29.6 Å². The Labute approximate surface area is 158 Å². The zero-order valence-corrected chi connectivity index (χ0v) is 15.2. The standard InChI is InChI=1S/C17H17N5O4S/c1-18-13(23)6-9-8-27-17(19-9)22-14(24)7-12-16(26)20-11-5-3-2-4-10(11)15(25)21-12/h2-5,8,12H,6-7H2,1H3,(H,18,23)(H,20,26)(H,21,25)(H,19,22,24). The van der Waals surface area contributed by atoms with Crippen LogP contribution in [0.25, 0.3) is 0 Å². The molecule has 1 aromatic carbocycles. The van der Waals surface area contributed by atoms with Crippen LogP contribution in [0.15, 0.2) is 29.6 Å². The minimum Gasteiger partial charge on any atom is -0.359 e. The highest BCUT2D eigenvalue weighted by atomic mass is 32.1. The summed E-state index contributed by atoms with van der Waals surface area (Å²) in [6, 6.07) is 5.61. The van der Waals surface area contributed by atoms with Crippen molar-refractivity contribution in [2.45, 2.75) is 18.9 Å². The number of nitrogens with one attached hydrogen (secondary N) is 4. The molecule has 0 aliphatic carbocycles. The molecule has 0 fully saturated rings. The van der Waals surface area contributed by atoms with Gasteiger partial charge in [-0.15, -0.1) is 11.3 Å². The van der Waals surface area contributed by atoms with Gasteiger partial charge in [-0.05, 0) is 12.1 Å². The molecule has 4 amide bonds. The number of hydrogen-bond donors (Lipinski definition) is 4. The Balaban J connectivity index is 1.62. The summed E-state index contributed by atoms with van der Waals surface area (Å²) in [7, 11) is 1.53. The van der Waals surface area contributed by atoms with Crippen LogP contribution in [-0.2, 0) is 20.8 Å². The maximum Gasteiger partial charge on any atom is 0.254 e. The lowest BCUT2D eigenvalue weighted by molar-refractivity contribution is -0.122. The summed E-state index contributed by atoms with van der Waals surface area (Å²) in [5.74, 6) is -1.55. The number of likely N-dealkylation sites (N-methyl/N-ethyl adjacent to an activating group) is 1. The Morgan fingerprint density at radius 3 is 2.78 bits per heavy atom. The van der Waals surface area contributed by atoms with E-state index < -0.39 is 23.8 Å². The van der Waals surface area contributed by atoms with Crippen LogP contribution in [0.5, 0.6) is 0 Å². The average molecular weight is 387 g/mol. The van der Waals surface area contributed by atoms with Crippen molar-refractivity contribution >= 4 is 45.8 Å². The van der Waals surface area contributed by atoms with E-state index in [1.165, 1.54) is 18.4 Å². The lowest BCUT2D eigenvalue weighted by atomic mass is 10.1. The molecule has 0 saturated carbocycles. The molecule has 1 unspecified atom stereocenters. The summed E-state index contributed by atoms with van der Waals surface area (Å²) in [6.45, 7) is 0. The monoisotopic (exact) mass is 387 g/mol. The number of amides is 4. The maximum atomic E-state index is 12.3. The third kappa shape index (κ3) is 4.47. The first-order chi connectivity index (χ1) is 13.0. The Morgan fingerprint density at radius 2 is 2.00 bits per heavy atom. The first-order valence-corrected chi connectivity index (χ1v) is 9.00. The predicted octanol–water partition coefficient (Wildman–Crippen LogP) is 0.511. The van der Waals surface area contributed by atoms with Crippen molar-refractivity contribution in [3.8, 4) is 0 Å². The molecule has 0 saturated heterocycles. The van der Waals surface area contributed by atoms with Gasteiger partial charge in [-0.1, -0.05) is 12.1 Å². The summed E-state index contributed by atoms with van der Waals surface area (Å²) in [6.07, 6.45) is -0.127. The first-order valence-electron chi connectivity index (χ1n) is 8.12. The van der Waals surface area contributed by atoms with Gasteiger partial charge in [0.2, 0.25) is 17.7 Å². The summed E-state index contributed by atoms with van der Waals surface area (Å²) in [4.78, 5) is 52.3. The van der Waals surface area contributed by atoms with Gasteiger partial charge < -0.3 is 21.3 Å². The van der Waals surface area contributed by atoms with Crippen LogP contribution >= 0.6 is 11.3 Å². The zero-order chi connectivity index (χ0) is 19.4. The van der Waals surface area contributed by atoms with Gasteiger partial charge in [-0.3, -0.25) is 19.2 Å². The van der Waals surface area contributed by atoms with Gasteiger partial charge in [0.25, 0.3) is 5.91 Å². The van der Waals surface area contributed by atoms with E-state index in [-0.39, 0.29) is 18.7 Å². The number of rotatable bonds is 5. The Kier molecular flexibility index (Phi) is 5.46. The molecule has 1 aliphatic rings. The van der Waals surface area contributed by atoms with Crippen LogP contribution in [0.3, 0.4) is 0 Å². The van der Waals surface area contributed by atoms with Crippen molar-refractivity contribution < 1.29 is 19.2 Å². The Hall–Kier alpha value is -3.27. The molecule has 2 heterocycles. The van der Waals surface area contributed by atoms with Gasteiger partial charge in [0.15, 0.2) is 5.13 Å². The number of anilines is 2. The van der Waals surface area contributed by atoms with E-state index in [0.29, 0.717) is 22.1 Å². The van der Waals surface area contributed by atoms with Crippen LogP contribution in [0.2, 0.25) is 0 Å². The number of aromatic nitrogens is 1. The quantitative estimate of drug-likeness (QED) is 0.594. The van der Waals surface area contributed by atoms with Gasteiger partial charge in [0.05, 0.1) is 29.8 Å². The smallest absolute Gasteiger partial charge is 0.254 e. The highest BCUT2D eigenvalue weighted by Gasteiger charge is 2.29. The van der Waals surface area contributed by atoms with E-state index in [1.807, 2.05) is 0 Å². The van der Waals surface area contributed by atoms with E-state index in [4.69, 9.17) is 0 Å². The number of nitrogens with zero attached hydrogens (tertiary/aromatic N) is 1. The van der Waals surface area contributed by atoms with Crippen molar-refractivity contribution in [1.82, 2.24) is 15.6 Å². The zero-order valence-electron chi connectivity index (χ0n) is 14.4. The molecule has 140 valence electrons. The molecule has 2 aromatic rings. The fraction of sp³-hybridized carbons (Fsp3) is 0.235. The maximum absolute atomic E-state index is 12.3. The largest absolute Gasteiger partial charge is 0.359 e. The van der Waals surface area contributed by atoms with Crippen LogP contribution < -0.4 is 21.3 Å². The van der Waals surface area contributed by atoms with E-state index >= 15 is 0 Å². The SMILES string of the molecule is CNC(=O)Cc1csc(NC(=O)CC2NC(=O)c3ccccc3NC2=O)n1. The molecule has 4 N–H and O–H groups in total. The van der Waals surface area contributed by atoms with Crippen LogP contribution in [0.1, 0.15) is 22.5 Å². The summed E-state index contributed by atoms with van der Waals surface area (Å²) < 4.78 is 0. The lowest BCUT2D eigenvalue weighted by Gasteiger charge is -2.13. The molecule has 0 spiro atoms. The van der Waals surface area contributed by atoms with E-state index in [2.05, 4.69) is 26.3 Å². The van der Waals surface area contributed by atoms with Gasteiger partial charge >= 0.3 is 0 Å². The number of carbonyl (C=O) groups is 4. The van der Waals surface area contributed by atoms with Gasteiger partial charge in [-0.25, -0.2) is 4.98 Å². The van der Waals surface area contributed by atoms with E-state index in [9.17, 15) is 19.2 Å². The number of hydrogen-bond acceptors (Lipinski definition) is 6. The first kappa shape index (κ1) is 18.5. The third-order valence-corrected chi connectivity index (χ3v) is 4.67. The molecule has 10 heteroatoms. The minimum atomic E-state index is -1.00. The van der Waals surface area contributed by atoms with Gasteiger partial charge in [0, 0.05) is 12.4 Å². The number of para-hydroxylation sites is 1. The van der Waals surface area contributed by atoms with Gasteiger partial charge in [-0.2, -0.15) is 0 Å². The highest BCUT2D eigenvalue weighted by molar-refractivity contribution is 7.13. The fourth-order valence-corrected chi connectivity index (χ4v) is 3.24. The molecule has 0 bridgehead atoms. The minimum absolute atomic E-state index is 0.113. The summed E-state index contributed by atoms with van der Waals surface area (Å²) in [5.41, 5.74) is 1.28. The second-order valence-electron chi connectivity index (χ2n) is 5.81. The van der Waals surface area contributed by atoms with Crippen LogP contribution in [0, 0.1) is 0 Å². The van der Waals surface area contributed by atoms with Gasteiger partial charge in [0.1, 0.15) is 6.04 Å². The number of thiazole rings is 1. The van der Waals surface area contributed by atoms with Crippen LogP contribution in [-0.4, -0.2) is 41.7 Å². The third-order valence-electron chi connectivity index (χ3n) is 3.86. The highest BCUT2D eigenvalue weighted by Crippen LogP contribution is 2.20. The Bertz CT molecular complexity index is 910. The second-order valence-corrected chi connectivity index (χ2v) is 6.67. The molecule has 0 radical (unpaired) electrons. The van der Waals surface area contributed by atoms with Crippen molar-refractivity contribution in [2.75, 3.05) is 17.7 Å². The van der Waals surface area contributed by atoms with Crippen molar-refractivity contribution in [2.24, 2.45) is 0 Å². The molecule has 1 atom stereocenters. The number of benzene rings is 1. The molecule has 1 aliphatic heterocycles. The fourth-order valence-electron chi connectivity index (χ4n) is 2.51. The number of fused-ring (bicyclic) bond motifs is 1. The molecule has 27 heavy (non-hydrogen) atoms. The van der Waals surface area contributed by atoms with Crippen molar-refractivity contribution in [3.63, 3.8) is 0 Å². The normalized spacial score (nSPS) is 15.8. The molecule has 1 aromatic heterocycles. The molecule has 3 rings (SSSR count). The van der Waals surface area contributed by atoms with Crippen molar-refractivity contribution in [3.05, 3.63) is 40.9 Å². The topological polar surface area (TPSA) is 129 Å². The predicted molar refractivity (Wildman–Crippen MR) is 99.5 cm³/mol. The lowest BCUT2D eigenvalue weighted by Crippen LogP contribution is -2.43. The summed E-state index contributed by atoms with van der Waals surface area (Å²) in [5, 5.41) is 12.3. The van der Waals surface area contributed by atoms with Crippen molar-refractivity contribution in [1.29, 1.82) is 0 Å². The Morgan fingerprint density at radius 1 is 1.22 bits per heavy atom. The molecule has 9 nitrogen and oxygen atoms in total. The van der Waals surface area contributed by atoms with E-state index in [0.717, 1.165) is 0 Å². The summed E-state index contributed by atoms with van der Waals surface area (Å²) >= 11 is 1.18. The molecular weight excluding hydrogens is 370 g/mol. The molecular formula is C17H17N5O4S. The number of carbonyl (C=O) groups excluding carboxylic acids is 4. The van der Waals surface area contributed by atoms with Crippen LogP contribution in [0.4, 0.5) is 10.8 Å².